The number of nitrogens with one attached hydrogen (secondary N) is 1. The van der Waals surface area contributed by atoms with Gasteiger partial charge < -0.3 is 10.1 Å². The van der Waals surface area contributed by atoms with Crippen LogP contribution >= 0.6 is 38.9 Å². The van der Waals surface area contributed by atoms with Crippen LogP contribution in [-0.4, -0.2) is 13.2 Å². The first-order chi connectivity index (χ1) is 9.65. The van der Waals surface area contributed by atoms with Gasteiger partial charge in [0, 0.05) is 4.88 Å². The van der Waals surface area contributed by atoms with E-state index in [1.54, 1.807) is 11.3 Å². The van der Waals surface area contributed by atoms with Crippen LogP contribution in [0.15, 0.2) is 34.8 Å². The summed E-state index contributed by atoms with van der Waals surface area (Å²) in [6.07, 6.45) is 0. The first kappa shape index (κ1) is 15.8. The maximum absolute atomic E-state index is 6.05. The predicted molar refractivity (Wildman–Crippen MR) is 90.2 cm³/mol. The highest BCUT2D eigenvalue weighted by Gasteiger charge is 2.16. The van der Waals surface area contributed by atoms with Crippen molar-refractivity contribution in [2.24, 2.45) is 0 Å². The molecule has 5 heteroatoms. The molecule has 0 radical (unpaired) electrons. The van der Waals surface area contributed by atoms with Crippen molar-refractivity contribution in [2.75, 3.05) is 13.2 Å². The van der Waals surface area contributed by atoms with E-state index in [-0.39, 0.29) is 6.04 Å². The molecular formula is C15H17BrClNOS. The van der Waals surface area contributed by atoms with Crippen LogP contribution in [0.1, 0.15) is 30.3 Å². The Hall–Kier alpha value is -0.550. The smallest absolute Gasteiger partial charge is 0.133 e. The van der Waals surface area contributed by atoms with Crippen molar-refractivity contribution in [3.63, 3.8) is 0 Å². The van der Waals surface area contributed by atoms with Crippen LogP contribution in [0, 0.1) is 0 Å². The standard InChI is InChI=1S/C15H17BrClNOS/c1-3-18-15(13-7-8-14(17)20-13)10-5-6-12(19-4-2)11(16)9-10/h5-9,15,18H,3-4H2,1-2H3. The monoisotopic (exact) mass is 373 g/mol. The fourth-order valence-corrected chi connectivity index (χ4v) is 3.72. The molecule has 20 heavy (non-hydrogen) atoms. The first-order valence-corrected chi connectivity index (χ1v) is 8.55. The van der Waals surface area contributed by atoms with Gasteiger partial charge in [-0.2, -0.15) is 0 Å². The Morgan fingerprint density at radius 1 is 1.30 bits per heavy atom. The van der Waals surface area contributed by atoms with Gasteiger partial charge in [-0.25, -0.2) is 0 Å². The Morgan fingerprint density at radius 2 is 2.10 bits per heavy atom. The van der Waals surface area contributed by atoms with Gasteiger partial charge in [0.25, 0.3) is 0 Å². The van der Waals surface area contributed by atoms with Gasteiger partial charge in [0.2, 0.25) is 0 Å². The van der Waals surface area contributed by atoms with Gasteiger partial charge in [0.05, 0.1) is 21.5 Å². The first-order valence-electron chi connectivity index (χ1n) is 6.56. The van der Waals surface area contributed by atoms with Crippen molar-refractivity contribution in [1.82, 2.24) is 5.32 Å². The van der Waals surface area contributed by atoms with E-state index in [2.05, 4.69) is 46.4 Å². The number of benzene rings is 1. The molecule has 2 rings (SSSR count). The van der Waals surface area contributed by atoms with E-state index in [1.165, 1.54) is 10.4 Å². The van der Waals surface area contributed by atoms with Gasteiger partial charge in [-0.1, -0.05) is 24.6 Å². The summed E-state index contributed by atoms with van der Waals surface area (Å²) in [6, 6.07) is 10.4. The molecule has 1 aromatic carbocycles. The summed E-state index contributed by atoms with van der Waals surface area (Å²) in [7, 11) is 0. The number of thiophene rings is 1. The minimum absolute atomic E-state index is 0.157. The molecule has 0 aliphatic rings. The molecule has 0 amide bonds. The Morgan fingerprint density at radius 3 is 2.65 bits per heavy atom. The lowest BCUT2D eigenvalue weighted by Crippen LogP contribution is -2.21. The van der Waals surface area contributed by atoms with E-state index in [9.17, 15) is 0 Å². The van der Waals surface area contributed by atoms with Crippen LogP contribution in [0.5, 0.6) is 5.75 Å². The second kappa shape index (κ2) is 7.46. The topological polar surface area (TPSA) is 21.3 Å². The van der Waals surface area contributed by atoms with Gasteiger partial charge in [0.1, 0.15) is 5.75 Å². The summed E-state index contributed by atoms with van der Waals surface area (Å²) < 4.78 is 7.34. The third-order valence-corrected chi connectivity index (χ3v) is 4.79. The molecule has 1 unspecified atom stereocenters. The predicted octanol–water partition coefficient (Wildman–Crippen LogP) is 5.26. The van der Waals surface area contributed by atoms with Crippen LogP contribution in [0.2, 0.25) is 4.34 Å². The highest BCUT2D eigenvalue weighted by molar-refractivity contribution is 9.10. The average Bonchev–Trinajstić information content (AvgIpc) is 2.85. The second-order valence-electron chi connectivity index (χ2n) is 4.26. The van der Waals surface area contributed by atoms with Crippen molar-refractivity contribution >= 4 is 38.9 Å². The fourth-order valence-electron chi connectivity index (χ4n) is 2.04. The molecule has 0 saturated heterocycles. The summed E-state index contributed by atoms with van der Waals surface area (Å²) in [4.78, 5) is 1.22. The molecule has 108 valence electrons. The highest BCUT2D eigenvalue weighted by atomic mass is 79.9. The summed E-state index contributed by atoms with van der Waals surface area (Å²) >= 11 is 11.2. The zero-order chi connectivity index (χ0) is 14.5. The maximum Gasteiger partial charge on any atom is 0.133 e. The third-order valence-electron chi connectivity index (χ3n) is 2.88. The fraction of sp³-hybridized carbons (Fsp3) is 0.333. The largest absolute Gasteiger partial charge is 0.493 e. The molecule has 1 atom stereocenters. The Kier molecular flexibility index (Phi) is 5.90. The SMILES string of the molecule is CCNC(c1ccc(OCC)c(Br)c1)c1ccc(Cl)s1. The van der Waals surface area contributed by atoms with Crippen molar-refractivity contribution < 1.29 is 4.74 Å². The molecule has 0 spiro atoms. The summed E-state index contributed by atoms with van der Waals surface area (Å²) in [6.45, 7) is 5.64. The number of halogens is 2. The van der Waals surface area contributed by atoms with E-state index in [0.717, 1.165) is 21.1 Å². The Labute approximate surface area is 137 Å². The quantitative estimate of drug-likeness (QED) is 0.744. The van der Waals surface area contributed by atoms with Crippen molar-refractivity contribution in [3.8, 4) is 5.75 Å². The molecule has 2 nitrogen and oxygen atoms in total. The van der Waals surface area contributed by atoms with E-state index in [1.807, 2.05) is 19.1 Å². The lowest BCUT2D eigenvalue weighted by molar-refractivity contribution is 0.338. The van der Waals surface area contributed by atoms with Crippen molar-refractivity contribution in [2.45, 2.75) is 19.9 Å². The van der Waals surface area contributed by atoms with Crippen LogP contribution in [-0.2, 0) is 0 Å². The molecule has 1 aromatic heterocycles. The molecular weight excluding hydrogens is 358 g/mol. The van der Waals surface area contributed by atoms with E-state index in [4.69, 9.17) is 16.3 Å². The van der Waals surface area contributed by atoms with Gasteiger partial charge in [0.15, 0.2) is 0 Å². The molecule has 0 saturated carbocycles. The average molecular weight is 375 g/mol. The van der Waals surface area contributed by atoms with Crippen molar-refractivity contribution in [1.29, 1.82) is 0 Å². The van der Waals surface area contributed by atoms with Crippen LogP contribution < -0.4 is 10.1 Å². The van der Waals surface area contributed by atoms with Crippen LogP contribution in [0.4, 0.5) is 0 Å². The van der Waals surface area contributed by atoms with Gasteiger partial charge >= 0.3 is 0 Å². The third kappa shape index (κ3) is 3.76. The summed E-state index contributed by atoms with van der Waals surface area (Å²) in [5.41, 5.74) is 1.20. The van der Waals surface area contributed by atoms with Gasteiger partial charge in [-0.15, -0.1) is 11.3 Å². The van der Waals surface area contributed by atoms with Crippen LogP contribution in [0.25, 0.3) is 0 Å². The molecule has 0 aliphatic carbocycles. The maximum atomic E-state index is 6.05. The Balaban J connectivity index is 2.32. The Bertz CT molecular complexity index is 573. The molecule has 0 fully saturated rings. The summed E-state index contributed by atoms with van der Waals surface area (Å²) in [5, 5.41) is 3.50. The lowest BCUT2D eigenvalue weighted by atomic mass is 10.1. The van der Waals surface area contributed by atoms with Crippen molar-refractivity contribution in [3.05, 3.63) is 49.6 Å². The number of hydrogen-bond acceptors (Lipinski definition) is 3. The lowest BCUT2D eigenvalue weighted by Gasteiger charge is -2.18. The molecule has 0 aliphatic heterocycles. The van der Waals surface area contributed by atoms with Gasteiger partial charge in [-0.3, -0.25) is 0 Å². The molecule has 1 heterocycles. The molecule has 1 N–H and O–H groups in total. The number of rotatable bonds is 6. The van der Waals surface area contributed by atoms with E-state index in [0.29, 0.717) is 6.61 Å². The highest BCUT2D eigenvalue weighted by Crippen LogP contribution is 2.34. The number of hydrogen-bond donors (Lipinski definition) is 1. The van der Waals surface area contributed by atoms with E-state index >= 15 is 0 Å². The van der Waals surface area contributed by atoms with E-state index < -0.39 is 0 Å². The number of ether oxygens (including phenoxy) is 1. The second-order valence-corrected chi connectivity index (χ2v) is 6.86. The molecule has 0 bridgehead atoms. The normalized spacial score (nSPS) is 12.4. The molecule has 2 aromatic rings. The summed E-state index contributed by atoms with van der Waals surface area (Å²) in [5.74, 6) is 0.871. The zero-order valence-corrected chi connectivity index (χ0v) is 14.6. The minimum Gasteiger partial charge on any atom is -0.493 e. The van der Waals surface area contributed by atoms with Gasteiger partial charge in [-0.05, 0) is 59.2 Å². The zero-order valence-electron chi connectivity index (χ0n) is 11.5. The minimum atomic E-state index is 0.157. The van der Waals surface area contributed by atoms with Crippen LogP contribution in [0.3, 0.4) is 0 Å².